The number of pyridine rings is 1. The summed E-state index contributed by atoms with van der Waals surface area (Å²) in [6.45, 7) is 0. The lowest BCUT2D eigenvalue weighted by Gasteiger charge is -2.11. The standard InChI is InChI=1S/C13H10BrClFNO/c14-11-6-10(16)3-1-8(11)5-13(18)12-4-2-9(15)7-17-12/h1-4,6-7,13,18H,5H2. The molecular weight excluding hydrogens is 321 g/mol. The largest absolute Gasteiger partial charge is 0.386 e. The van der Waals surface area contributed by atoms with Crippen molar-refractivity contribution in [2.75, 3.05) is 0 Å². The fourth-order valence-corrected chi connectivity index (χ4v) is 2.21. The molecule has 0 radical (unpaired) electrons. The first-order valence-electron chi connectivity index (χ1n) is 5.29. The zero-order valence-electron chi connectivity index (χ0n) is 9.28. The second kappa shape index (κ2) is 5.78. The molecule has 1 aromatic carbocycles. The van der Waals surface area contributed by atoms with Crippen molar-refractivity contribution in [3.63, 3.8) is 0 Å². The fraction of sp³-hybridized carbons (Fsp3) is 0.154. The van der Waals surface area contributed by atoms with Crippen molar-refractivity contribution < 1.29 is 9.50 Å². The molecule has 2 nitrogen and oxygen atoms in total. The van der Waals surface area contributed by atoms with Crippen LogP contribution in [0.4, 0.5) is 4.39 Å². The molecular formula is C13H10BrClFNO. The number of hydrogen-bond donors (Lipinski definition) is 1. The number of hydrogen-bond acceptors (Lipinski definition) is 2. The highest BCUT2D eigenvalue weighted by Crippen LogP contribution is 2.24. The van der Waals surface area contributed by atoms with Gasteiger partial charge in [0.15, 0.2) is 0 Å². The third-order valence-corrected chi connectivity index (χ3v) is 3.48. The summed E-state index contributed by atoms with van der Waals surface area (Å²) < 4.78 is 13.6. The minimum Gasteiger partial charge on any atom is -0.386 e. The van der Waals surface area contributed by atoms with Gasteiger partial charge in [-0.3, -0.25) is 4.98 Å². The van der Waals surface area contributed by atoms with Gasteiger partial charge in [-0.05, 0) is 29.8 Å². The molecule has 0 saturated carbocycles. The number of nitrogens with zero attached hydrogens (tertiary/aromatic N) is 1. The monoisotopic (exact) mass is 329 g/mol. The van der Waals surface area contributed by atoms with Gasteiger partial charge >= 0.3 is 0 Å². The van der Waals surface area contributed by atoms with E-state index in [2.05, 4.69) is 20.9 Å². The molecule has 1 unspecified atom stereocenters. The summed E-state index contributed by atoms with van der Waals surface area (Å²) in [6, 6.07) is 7.72. The van der Waals surface area contributed by atoms with E-state index in [1.807, 2.05) is 0 Å². The van der Waals surface area contributed by atoms with Crippen molar-refractivity contribution in [2.45, 2.75) is 12.5 Å². The minimum absolute atomic E-state index is 0.315. The Bertz CT molecular complexity index is 547. The van der Waals surface area contributed by atoms with Crippen molar-refractivity contribution in [1.82, 2.24) is 4.98 Å². The summed E-state index contributed by atoms with van der Waals surface area (Å²) in [4.78, 5) is 4.05. The van der Waals surface area contributed by atoms with E-state index in [-0.39, 0.29) is 5.82 Å². The van der Waals surface area contributed by atoms with Gasteiger partial charge in [-0.25, -0.2) is 4.39 Å². The Morgan fingerprint density at radius 3 is 2.72 bits per heavy atom. The molecule has 1 aromatic heterocycles. The van der Waals surface area contributed by atoms with E-state index in [1.165, 1.54) is 18.3 Å². The molecule has 94 valence electrons. The Labute approximate surface area is 118 Å². The summed E-state index contributed by atoms with van der Waals surface area (Å²) in [7, 11) is 0. The van der Waals surface area contributed by atoms with E-state index in [0.29, 0.717) is 21.6 Å². The van der Waals surface area contributed by atoms with E-state index >= 15 is 0 Å². The Morgan fingerprint density at radius 1 is 1.33 bits per heavy atom. The molecule has 0 aliphatic heterocycles. The van der Waals surface area contributed by atoms with E-state index in [4.69, 9.17) is 11.6 Å². The van der Waals surface area contributed by atoms with Crippen molar-refractivity contribution in [3.05, 3.63) is 63.1 Å². The first-order chi connectivity index (χ1) is 8.56. The third kappa shape index (κ3) is 3.28. The average Bonchev–Trinajstić information content (AvgIpc) is 2.33. The summed E-state index contributed by atoms with van der Waals surface area (Å²) >= 11 is 8.99. The predicted molar refractivity (Wildman–Crippen MR) is 72.0 cm³/mol. The van der Waals surface area contributed by atoms with E-state index in [9.17, 15) is 9.50 Å². The van der Waals surface area contributed by atoms with Crippen molar-refractivity contribution >= 4 is 27.5 Å². The molecule has 0 aliphatic carbocycles. The van der Waals surface area contributed by atoms with Gasteiger partial charge in [0, 0.05) is 17.1 Å². The fourth-order valence-electron chi connectivity index (χ4n) is 1.58. The van der Waals surface area contributed by atoms with Crippen molar-refractivity contribution in [3.8, 4) is 0 Å². The molecule has 0 spiro atoms. The van der Waals surface area contributed by atoms with E-state index < -0.39 is 6.10 Å². The van der Waals surface area contributed by atoms with Crippen LogP contribution in [0.25, 0.3) is 0 Å². The van der Waals surface area contributed by atoms with Gasteiger partial charge in [0.05, 0.1) is 16.8 Å². The lowest BCUT2D eigenvalue weighted by molar-refractivity contribution is 0.173. The summed E-state index contributed by atoms with van der Waals surface area (Å²) in [5.41, 5.74) is 1.36. The highest BCUT2D eigenvalue weighted by atomic mass is 79.9. The van der Waals surface area contributed by atoms with Crippen LogP contribution in [0, 0.1) is 5.82 Å². The first kappa shape index (κ1) is 13.5. The van der Waals surface area contributed by atoms with Crippen LogP contribution >= 0.6 is 27.5 Å². The maximum Gasteiger partial charge on any atom is 0.124 e. The first-order valence-corrected chi connectivity index (χ1v) is 6.47. The highest BCUT2D eigenvalue weighted by Gasteiger charge is 2.12. The van der Waals surface area contributed by atoms with Gasteiger partial charge in [-0.1, -0.05) is 33.6 Å². The molecule has 2 rings (SSSR count). The van der Waals surface area contributed by atoms with Crippen LogP contribution in [0.2, 0.25) is 5.02 Å². The van der Waals surface area contributed by atoms with Crippen LogP contribution in [0.1, 0.15) is 17.4 Å². The van der Waals surface area contributed by atoms with Crippen LogP contribution in [0.15, 0.2) is 41.0 Å². The van der Waals surface area contributed by atoms with Gasteiger partial charge in [0.25, 0.3) is 0 Å². The zero-order valence-corrected chi connectivity index (χ0v) is 11.6. The Kier molecular flexibility index (Phi) is 4.32. The maximum absolute atomic E-state index is 12.9. The van der Waals surface area contributed by atoms with E-state index in [0.717, 1.165) is 5.56 Å². The highest BCUT2D eigenvalue weighted by molar-refractivity contribution is 9.10. The summed E-state index contributed by atoms with van der Waals surface area (Å²) in [5, 5.41) is 10.6. The van der Waals surface area contributed by atoms with Crippen molar-refractivity contribution in [1.29, 1.82) is 0 Å². The molecule has 1 heterocycles. The van der Waals surface area contributed by atoms with Gasteiger partial charge in [0.1, 0.15) is 5.82 Å². The molecule has 1 atom stereocenters. The molecule has 18 heavy (non-hydrogen) atoms. The molecule has 0 bridgehead atoms. The topological polar surface area (TPSA) is 33.1 Å². The number of aliphatic hydroxyl groups is 1. The quantitative estimate of drug-likeness (QED) is 0.925. The smallest absolute Gasteiger partial charge is 0.124 e. The molecule has 2 aromatic rings. The summed E-state index contributed by atoms with van der Waals surface area (Å²) in [6.07, 6.45) is 1.10. The Morgan fingerprint density at radius 2 is 2.11 bits per heavy atom. The lowest BCUT2D eigenvalue weighted by atomic mass is 10.1. The molecule has 0 aliphatic rings. The van der Waals surface area contributed by atoms with Crippen LogP contribution in [-0.4, -0.2) is 10.1 Å². The number of aromatic nitrogens is 1. The average molecular weight is 331 g/mol. The van der Waals surface area contributed by atoms with Crippen LogP contribution in [-0.2, 0) is 6.42 Å². The Hall–Kier alpha value is -0.970. The predicted octanol–water partition coefficient (Wildman–Crippen LogP) is 3.91. The van der Waals surface area contributed by atoms with Crippen LogP contribution in [0.5, 0.6) is 0 Å². The van der Waals surface area contributed by atoms with Gasteiger partial charge in [-0.15, -0.1) is 0 Å². The number of benzene rings is 1. The third-order valence-electron chi connectivity index (χ3n) is 2.52. The van der Waals surface area contributed by atoms with E-state index in [1.54, 1.807) is 18.2 Å². The van der Waals surface area contributed by atoms with Gasteiger partial charge < -0.3 is 5.11 Å². The second-order valence-electron chi connectivity index (χ2n) is 3.86. The zero-order chi connectivity index (χ0) is 13.1. The SMILES string of the molecule is OC(Cc1ccc(F)cc1Br)c1ccc(Cl)cn1. The lowest BCUT2D eigenvalue weighted by Crippen LogP contribution is -2.04. The molecule has 0 saturated heterocycles. The van der Waals surface area contributed by atoms with Crippen LogP contribution in [0.3, 0.4) is 0 Å². The van der Waals surface area contributed by atoms with Gasteiger partial charge in [0.2, 0.25) is 0 Å². The molecule has 5 heteroatoms. The maximum atomic E-state index is 12.9. The minimum atomic E-state index is -0.746. The molecule has 0 fully saturated rings. The Balaban J connectivity index is 2.15. The molecule has 0 amide bonds. The van der Waals surface area contributed by atoms with Crippen molar-refractivity contribution in [2.24, 2.45) is 0 Å². The second-order valence-corrected chi connectivity index (χ2v) is 5.15. The number of halogens is 3. The number of rotatable bonds is 3. The molecule has 1 N–H and O–H groups in total. The number of aliphatic hydroxyl groups excluding tert-OH is 1. The van der Waals surface area contributed by atoms with Gasteiger partial charge in [-0.2, -0.15) is 0 Å². The normalized spacial score (nSPS) is 12.4. The van der Waals surface area contributed by atoms with Crippen LogP contribution < -0.4 is 0 Å². The summed E-state index contributed by atoms with van der Waals surface area (Å²) in [5.74, 6) is -0.315.